The van der Waals surface area contributed by atoms with Crippen LogP contribution in [0.4, 0.5) is 0 Å². The van der Waals surface area contributed by atoms with Gasteiger partial charge in [0.2, 0.25) is 0 Å². The minimum absolute atomic E-state index is 0. The Hall–Kier alpha value is -1.27. The predicted octanol–water partition coefficient (Wildman–Crippen LogP) is 1.66. The van der Waals surface area contributed by atoms with Crippen molar-refractivity contribution in [2.45, 2.75) is 60.8 Å². The molecule has 0 aliphatic carbocycles. The van der Waals surface area contributed by atoms with Gasteiger partial charge in [-0.05, 0) is 41.5 Å². The van der Waals surface area contributed by atoms with Crippen molar-refractivity contribution in [1.29, 1.82) is 0 Å². The number of carbonyl (C=O) groups is 6. The van der Waals surface area contributed by atoms with Crippen LogP contribution in [0.1, 0.15) is 60.8 Å². The van der Waals surface area contributed by atoms with E-state index in [0.29, 0.717) is 0 Å². The van der Waals surface area contributed by atoms with Gasteiger partial charge < -0.3 is 0 Å². The molecule has 0 aromatic heterocycles. The number of ketones is 6. The zero-order chi connectivity index (χ0) is 17.6. The fraction of sp³-hybridized carbons (Fsp3) is 0.600. The molecule has 0 bridgehead atoms. The second kappa shape index (κ2) is 17.8. The number of Topliss-reactive ketones (excluding diaryl/α,β-unsaturated/α-hetero) is 6. The minimum atomic E-state index is -0.0625. The molecule has 22 heavy (non-hydrogen) atoms. The van der Waals surface area contributed by atoms with Gasteiger partial charge in [-0.2, -0.15) is 0 Å². The first-order valence-corrected chi connectivity index (χ1v) is 6.35. The molecular weight excluding hydrogens is 324 g/mol. The van der Waals surface area contributed by atoms with Gasteiger partial charge in [0.15, 0.2) is 0 Å². The Morgan fingerprint density at radius 3 is 0.500 bits per heavy atom. The van der Waals surface area contributed by atoms with Crippen LogP contribution < -0.4 is 0 Å². The summed E-state index contributed by atoms with van der Waals surface area (Å²) in [6.45, 7) is 8.42. The summed E-state index contributed by atoms with van der Waals surface area (Å²) in [5.41, 5.74) is 0. The monoisotopic (exact) mass is 348 g/mol. The molecule has 0 fully saturated rings. The Morgan fingerprint density at radius 2 is 0.500 bits per heavy atom. The fourth-order valence-corrected chi connectivity index (χ4v) is 1.05. The van der Waals surface area contributed by atoms with Crippen molar-refractivity contribution in [2.24, 2.45) is 0 Å². The van der Waals surface area contributed by atoms with Crippen LogP contribution in [0.2, 0.25) is 0 Å². The summed E-state index contributed by atoms with van der Waals surface area (Å²) in [5.74, 6) is -0.375. The Bertz CT molecular complexity index is 314. The SMILES string of the molecule is CC(=O)CC(C)=O.CC(=O)CC(C)=O.CC(=O)CC(C)=O.[Ti+4]. The minimum Gasteiger partial charge on any atom is -0.300 e. The van der Waals surface area contributed by atoms with E-state index in [0.717, 1.165) is 0 Å². The van der Waals surface area contributed by atoms with Gasteiger partial charge in [-0.1, -0.05) is 0 Å². The second-order valence-electron chi connectivity index (χ2n) is 4.74. The largest absolute Gasteiger partial charge is 4.00 e. The molecule has 0 N–H and O–H groups in total. The second-order valence-corrected chi connectivity index (χ2v) is 4.74. The third kappa shape index (κ3) is 51.1. The molecule has 0 heterocycles. The molecule has 120 valence electrons. The first kappa shape index (κ1) is 28.8. The van der Waals surface area contributed by atoms with Gasteiger partial charge in [0, 0.05) is 0 Å². The van der Waals surface area contributed by atoms with Gasteiger partial charge >= 0.3 is 21.7 Å². The van der Waals surface area contributed by atoms with Crippen LogP contribution in [0, 0.1) is 0 Å². The van der Waals surface area contributed by atoms with E-state index in [-0.39, 0.29) is 75.7 Å². The van der Waals surface area contributed by atoms with E-state index in [1.165, 1.54) is 41.5 Å². The standard InChI is InChI=1S/3C5H8O2.Ti/c3*1-4(6)3-5(2)7;/h3*3H2,1-2H3;/q;;;+4. The van der Waals surface area contributed by atoms with Crippen LogP contribution in [0.5, 0.6) is 0 Å². The molecule has 0 aliphatic heterocycles. The van der Waals surface area contributed by atoms with E-state index in [1.54, 1.807) is 0 Å². The molecule has 0 saturated carbocycles. The van der Waals surface area contributed by atoms with Crippen LogP contribution in [-0.4, -0.2) is 34.7 Å². The van der Waals surface area contributed by atoms with E-state index in [9.17, 15) is 28.8 Å². The number of carbonyl (C=O) groups excluding carboxylic acids is 6. The van der Waals surface area contributed by atoms with Crippen molar-refractivity contribution in [1.82, 2.24) is 0 Å². The molecule has 0 rings (SSSR count). The summed E-state index contributed by atoms with van der Waals surface area (Å²) in [6.07, 6.45) is 0.250. The molecule has 0 aromatic carbocycles. The first-order valence-electron chi connectivity index (χ1n) is 6.35. The van der Waals surface area contributed by atoms with Gasteiger partial charge in [-0.15, -0.1) is 0 Å². The molecule has 0 amide bonds. The fourth-order valence-electron chi connectivity index (χ4n) is 1.05. The summed E-state index contributed by atoms with van der Waals surface area (Å²) in [4.78, 5) is 60.2. The molecule has 7 heteroatoms. The summed E-state index contributed by atoms with van der Waals surface area (Å²) in [7, 11) is 0. The van der Waals surface area contributed by atoms with E-state index in [4.69, 9.17) is 0 Å². The van der Waals surface area contributed by atoms with Crippen LogP contribution in [0.3, 0.4) is 0 Å². The Balaban J connectivity index is -0.000000108. The number of hydrogen-bond acceptors (Lipinski definition) is 6. The third-order valence-electron chi connectivity index (χ3n) is 1.49. The van der Waals surface area contributed by atoms with Crippen molar-refractivity contribution in [3.05, 3.63) is 0 Å². The van der Waals surface area contributed by atoms with Crippen LogP contribution in [0.25, 0.3) is 0 Å². The predicted molar refractivity (Wildman–Crippen MR) is 77.9 cm³/mol. The molecule has 0 unspecified atom stereocenters. The van der Waals surface area contributed by atoms with Crippen molar-refractivity contribution in [3.63, 3.8) is 0 Å². The molecule has 0 aromatic rings. The van der Waals surface area contributed by atoms with E-state index >= 15 is 0 Å². The smallest absolute Gasteiger partial charge is 0.300 e. The van der Waals surface area contributed by atoms with Crippen molar-refractivity contribution < 1.29 is 50.5 Å². The zero-order valence-electron chi connectivity index (χ0n) is 14.1. The van der Waals surface area contributed by atoms with Gasteiger partial charge in [0.1, 0.15) is 34.7 Å². The number of hydrogen-bond donors (Lipinski definition) is 0. The van der Waals surface area contributed by atoms with Gasteiger partial charge in [0.25, 0.3) is 0 Å². The summed E-state index contributed by atoms with van der Waals surface area (Å²) >= 11 is 0. The Kier molecular flexibility index (Phi) is 23.3. The summed E-state index contributed by atoms with van der Waals surface area (Å²) in [5, 5.41) is 0. The van der Waals surface area contributed by atoms with E-state index in [1.807, 2.05) is 0 Å². The van der Waals surface area contributed by atoms with Crippen LogP contribution in [0.15, 0.2) is 0 Å². The average Bonchev–Trinajstić information content (AvgIpc) is 2.10. The normalized spacial score (nSPS) is 7.91. The summed E-state index contributed by atoms with van der Waals surface area (Å²) in [6, 6.07) is 0. The summed E-state index contributed by atoms with van der Waals surface area (Å²) < 4.78 is 0. The Labute approximate surface area is 146 Å². The Morgan fingerprint density at radius 1 is 0.409 bits per heavy atom. The van der Waals surface area contributed by atoms with Gasteiger partial charge in [-0.25, -0.2) is 0 Å². The first-order chi connectivity index (χ1) is 9.38. The third-order valence-corrected chi connectivity index (χ3v) is 1.49. The van der Waals surface area contributed by atoms with Crippen LogP contribution >= 0.6 is 0 Å². The van der Waals surface area contributed by atoms with E-state index < -0.39 is 0 Å². The molecular formula is C15H24O6Ti+4. The molecule has 6 nitrogen and oxygen atoms in total. The molecule has 0 aliphatic rings. The molecule has 0 radical (unpaired) electrons. The maximum absolute atomic E-state index is 10.0. The maximum atomic E-state index is 10.0. The van der Waals surface area contributed by atoms with Crippen molar-refractivity contribution >= 4 is 34.7 Å². The zero-order valence-corrected chi connectivity index (χ0v) is 15.6. The van der Waals surface area contributed by atoms with E-state index in [2.05, 4.69) is 0 Å². The van der Waals surface area contributed by atoms with Gasteiger partial charge in [-0.3, -0.25) is 28.8 Å². The molecule has 0 atom stereocenters. The number of rotatable bonds is 6. The molecule has 0 spiro atoms. The molecule has 0 saturated heterocycles. The van der Waals surface area contributed by atoms with Crippen molar-refractivity contribution in [3.8, 4) is 0 Å². The van der Waals surface area contributed by atoms with Crippen LogP contribution in [-0.2, 0) is 50.5 Å². The average molecular weight is 348 g/mol. The quantitative estimate of drug-likeness (QED) is 0.534. The maximum Gasteiger partial charge on any atom is 4.00 e. The van der Waals surface area contributed by atoms with Gasteiger partial charge in [0.05, 0.1) is 19.3 Å². The van der Waals surface area contributed by atoms with Crippen molar-refractivity contribution in [2.75, 3.05) is 0 Å². The topological polar surface area (TPSA) is 102 Å².